The number of ether oxygens (including phenoxy) is 1. The normalized spacial score (nSPS) is 10.8. The number of alkyl halides is 2. The molecule has 2 rings (SSSR count). The lowest BCUT2D eigenvalue weighted by molar-refractivity contribution is -0.0498. The maximum absolute atomic E-state index is 12.5. The van der Waals surface area contributed by atoms with E-state index in [0.717, 1.165) is 10.0 Å². The van der Waals surface area contributed by atoms with Crippen molar-refractivity contribution < 1.29 is 13.5 Å². The van der Waals surface area contributed by atoms with E-state index in [1.54, 1.807) is 6.07 Å². The Morgan fingerprint density at radius 3 is 2.43 bits per heavy atom. The lowest BCUT2D eigenvalue weighted by Gasteiger charge is -2.15. The minimum absolute atomic E-state index is 0.0338. The van der Waals surface area contributed by atoms with E-state index in [-0.39, 0.29) is 5.75 Å². The van der Waals surface area contributed by atoms with Crippen LogP contribution in [0.15, 0.2) is 45.3 Å². The molecular formula is C14H10Br2ClF2NO. The predicted molar refractivity (Wildman–Crippen MR) is 87.3 cm³/mol. The maximum atomic E-state index is 12.5. The van der Waals surface area contributed by atoms with E-state index in [9.17, 15) is 8.78 Å². The molecule has 2 nitrogen and oxygen atoms in total. The first-order chi connectivity index (χ1) is 9.95. The van der Waals surface area contributed by atoms with Crippen LogP contribution in [0.2, 0.25) is 5.02 Å². The van der Waals surface area contributed by atoms with E-state index in [2.05, 4.69) is 41.9 Å². The molecule has 0 heterocycles. The zero-order valence-corrected chi connectivity index (χ0v) is 14.5. The lowest BCUT2D eigenvalue weighted by atomic mass is 10.2. The van der Waals surface area contributed by atoms with Gasteiger partial charge >= 0.3 is 6.61 Å². The van der Waals surface area contributed by atoms with Gasteiger partial charge < -0.3 is 10.1 Å². The van der Waals surface area contributed by atoms with E-state index in [4.69, 9.17) is 11.6 Å². The van der Waals surface area contributed by atoms with E-state index < -0.39 is 6.61 Å². The molecule has 0 aliphatic heterocycles. The Morgan fingerprint density at radius 2 is 1.81 bits per heavy atom. The third-order valence-corrected chi connectivity index (χ3v) is 3.95. The van der Waals surface area contributed by atoms with E-state index in [0.29, 0.717) is 21.7 Å². The molecule has 0 radical (unpaired) electrons. The first kappa shape index (κ1) is 16.5. The quantitative estimate of drug-likeness (QED) is 0.607. The number of hydrogen-bond donors (Lipinski definition) is 1. The first-order valence-corrected chi connectivity index (χ1v) is 7.84. The van der Waals surface area contributed by atoms with E-state index >= 15 is 0 Å². The molecule has 2 aromatic rings. The molecule has 0 bridgehead atoms. The third-order valence-electron chi connectivity index (χ3n) is 2.61. The summed E-state index contributed by atoms with van der Waals surface area (Å²) in [6.45, 7) is -2.45. The lowest BCUT2D eigenvalue weighted by Crippen LogP contribution is -2.07. The summed E-state index contributed by atoms with van der Waals surface area (Å²) in [5.74, 6) is 0.0338. The average molecular weight is 441 g/mol. The predicted octanol–water partition coefficient (Wildman–Crippen LogP) is 6.08. The van der Waals surface area contributed by atoms with Crippen LogP contribution < -0.4 is 10.1 Å². The summed E-state index contributed by atoms with van der Waals surface area (Å²) in [4.78, 5) is 0. The van der Waals surface area contributed by atoms with Crippen molar-refractivity contribution in [3.63, 3.8) is 0 Å². The highest BCUT2D eigenvalue weighted by Gasteiger charge is 2.14. The highest BCUT2D eigenvalue weighted by molar-refractivity contribution is 9.10. The Kier molecular flexibility index (Phi) is 5.84. The van der Waals surface area contributed by atoms with Gasteiger partial charge in [0.25, 0.3) is 0 Å². The Morgan fingerprint density at radius 1 is 1.14 bits per heavy atom. The van der Waals surface area contributed by atoms with Crippen LogP contribution in [-0.4, -0.2) is 6.61 Å². The number of nitrogens with one attached hydrogen (secondary N) is 1. The molecule has 21 heavy (non-hydrogen) atoms. The van der Waals surface area contributed by atoms with E-state index in [1.165, 1.54) is 6.07 Å². The zero-order chi connectivity index (χ0) is 15.4. The summed E-state index contributed by atoms with van der Waals surface area (Å²) >= 11 is 12.5. The van der Waals surface area contributed by atoms with Gasteiger partial charge in [-0.3, -0.25) is 0 Å². The summed E-state index contributed by atoms with van der Waals surface area (Å²) in [6, 6.07) is 10.7. The molecule has 0 spiro atoms. The topological polar surface area (TPSA) is 21.3 Å². The van der Waals surface area contributed by atoms with Crippen LogP contribution in [0.25, 0.3) is 0 Å². The molecule has 0 unspecified atom stereocenters. The molecule has 2 aromatic carbocycles. The Balaban J connectivity index is 2.19. The molecule has 0 amide bonds. The molecule has 7 heteroatoms. The fourth-order valence-electron chi connectivity index (χ4n) is 1.70. The second-order valence-corrected chi connectivity index (χ2v) is 6.33. The third kappa shape index (κ3) is 4.83. The number of rotatable bonds is 5. The van der Waals surface area contributed by atoms with Crippen molar-refractivity contribution in [2.45, 2.75) is 13.2 Å². The smallest absolute Gasteiger partial charge is 0.387 e. The van der Waals surface area contributed by atoms with Crippen molar-refractivity contribution in [1.29, 1.82) is 0 Å². The molecule has 0 aliphatic carbocycles. The van der Waals surface area contributed by atoms with Crippen LogP contribution in [0.4, 0.5) is 14.5 Å². The monoisotopic (exact) mass is 439 g/mol. The SMILES string of the molecule is FC(F)Oc1c(Br)cc(Cl)cc1NCc1ccc(Br)cc1. The van der Waals surface area contributed by atoms with Crippen molar-refractivity contribution in [2.75, 3.05) is 5.32 Å². The Hall–Kier alpha value is -0.850. The van der Waals surface area contributed by atoms with Crippen molar-refractivity contribution >= 4 is 49.1 Å². The van der Waals surface area contributed by atoms with Gasteiger partial charge in [0.1, 0.15) is 0 Å². The van der Waals surface area contributed by atoms with Crippen LogP contribution in [0.1, 0.15) is 5.56 Å². The summed E-state index contributed by atoms with van der Waals surface area (Å²) in [5.41, 5.74) is 1.40. The average Bonchev–Trinajstić information content (AvgIpc) is 2.41. The van der Waals surface area contributed by atoms with Gasteiger partial charge in [-0.1, -0.05) is 39.7 Å². The van der Waals surface area contributed by atoms with Crippen LogP contribution in [0.5, 0.6) is 5.75 Å². The van der Waals surface area contributed by atoms with Crippen LogP contribution >= 0.6 is 43.5 Å². The van der Waals surface area contributed by atoms with Crippen LogP contribution in [-0.2, 0) is 6.54 Å². The summed E-state index contributed by atoms with van der Waals surface area (Å²) < 4.78 is 30.8. The van der Waals surface area contributed by atoms with Gasteiger partial charge in [0, 0.05) is 16.0 Å². The Bertz CT molecular complexity index is 623. The second kappa shape index (κ2) is 7.42. The molecule has 0 fully saturated rings. The summed E-state index contributed by atoms with van der Waals surface area (Å²) in [5, 5.41) is 3.47. The first-order valence-electron chi connectivity index (χ1n) is 5.88. The Labute approximate surface area is 142 Å². The minimum Gasteiger partial charge on any atom is -0.431 e. The maximum Gasteiger partial charge on any atom is 0.387 e. The van der Waals surface area contributed by atoms with Gasteiger partial charge in [0.2, 0.25) is 0 Å². The summed E-state index contributed by atoms with van der Waals surface area (Å²) in [7, 11) is 0. The fraction of sp³-hybridized carbons (Fsp3) is 0.143. The second-order valence-electron chi connectivity index (χ2n) is 4.12. The van der Waals surface area contributed by atoms with Crippen molar-refractivity contribution in [3.8, 4) is 5.75 Å². The fourth-order valence-corrected chi connectivity index (χ4v) is 2.87. The zero-order valence-electron chi connectivity index (χ0n) is 10.5. The highest BCUT2D eigenvalue weighted by Crippen LogP contribution is 2.37. The highest BCUT2D eigenvalue weighted by atomic mass is 79.9. The van der Waals surface area contributed by atoms with Gasteiger partial charge in [-0.25, -0.2) is 0 Å². The largest absolute Gasteiger partial charge is 0.431 e. The van der Waals surface area contributed by atoms with Crippen molar-refractivity contribution in [3.05, 3.63) is 55.9 Å². The molecule has 1 N–H and O–H groups in total. The van der Waals surface area contributed by atoms with Crippen LogP contribution in [0.3, 0.4) is 0 Å². The standard InChI is InChI=1S/C14H10Br2ClF2NO/c15-9-3-1-8(2-4-9)7-20-12-6-10(17)5-11(16)13(12)21-14(18)19/h1-6,14,20H,7H2. The molecule has 112 valence electrons. The van der Waals surface area contributed by atoms with Crippen molar-refractivity contribution in [1.82, 2.24) is 0 Å². The van der Waals surface area contributed by atoms with Gasteiger partial charge in [-0.05, 0) is 45.8 Å². The van der Waals surface area contributed by atoms with Gasteiger partial charge in [0.15, 0.2) is 5.75 Å². The number of benzene rings is 2. The summed E-state index contributed by atoms with van der Waals surface area (Å²) in [6.07, 6.45) is 0. The number of halogens is 5. The molecule has 0 aliphatic rings. The molecule has 0 saturated heterocycles. The van der Waals surface area contributed by atoms with Gasteiger partial charge in [0.05, 0.1) is 10.2 Å². The molecule has 0 atom stereocenters. The van der Waals surface area contributed by atoms with Crippen molar-refractivity contribution in [2.24, 2.45) is 0 Å². The van der Waals surface area contributed by atoms with E-state index in [1.807, 2.05) is 24.3 Å². The number of hydrogen-bond acceptors (Lipinski definition) is 2. The molecule has 0 saturated carbocycles. The molecular weight excluding hydrogens is 431 g/mol. The molecule has 0 aromatic heterocycles. The van der Waals surface area contributed by atoms with Gasteiger partial charge in [-0.15, -0.1) is 0 Å². The van der Waals surface area contributed by atoms with Crippen LogP contribution in [0, 0.1) is 0 Å². The minimum atomic E-state index is -2.91. The van der Waals surface area contributed by atoms with Gasteiger partial charge in [-0.2, -0.15) is 8.78 Å². The number of anilines is 1.